The Labute approximate surface area is 131 Å². The minimum atomic E-state index is -0.600. The predicted molar refractivity (Wildman–Crippen MR) is 83.6 cm³/mol. The molecule has 4 aromatic rings. The van der Waals surface area contributed by atoms with E-state index in [1.54, 1.807) is 0 Å². The van der Waals surface area contributed by atoms with Crippen molar-refractivity contribution in [2.24, 2.45) is 0 Å². The second-order valence-corrected chi connectivity index (χ2v) is 4.05. The van der Waals surface area contributed by atoms with Crippen LogP contribution in [-0.4, -0.2) is 0 Å². The first-order valence-corrected chi connectivity index (χ1v) is 5.70. The van der Waals surface area contributed by atoms with Crippen LogP contribution >= 0.6 is 0 Å². The third kappa shape index (κ3) is 1.66. The van der Waals surface area contributed by atoms with Crippen LogP contribution in [-0.2, 0) is 0 Å². The van der Waals surface area contributed by atoms with Crippen LogP contribution in [0.2, 0.25) is 0 Å². The Balaban J connectivity index is 2.30. The molecule has 3 aromatic carbocycles. The summed E-state index contributed by atoms with van der Waals surface area (Å²) in [4.78, 5) is 0. The van der Waals surface area contributed by atoms with Gasteiger partial charge < -0.3 is 10.2 Å². The Hall–Kier alpha value is -2.74. The number of nitrogens with two attached hydrogens (primary N) is 1. The van der Waals surface area contributed by atoms with Crippen LogP contribution in [0.1, 0.15) is 15.1 Å². The number of rotatable bonds is 1. The average molecular weight is 270 g/mol. The van der Waals surface area contributed by atoms with Gasteiger partial charge in [-0.1, -0.05) is 36.3 Å². The van der Waals surface area contributed by atoms with Crippen molar-refractivity contribution in [2.45, 2.75) is 0 Å². The molecule has 0 radical (unpaired) electrons. The van der Waals surface area contributed by atoms with Gasteiger partial charge in [-0.05, 0) is 41.3 Å². The highest BCUT2D eigenvalue weighted by atomic mass is 16.3. The van der Waals surface area contributed by atoms with Gasteiger partial charge in [0, 0.05) is 16.5 Å². The van der Waals surface area contributed by atoms with Crippen LogP contribution in [0.3, 0.4) is 0 Å². The molecule has 0 aliphatic carbocycles. The third-order valence-corrected chi connectivity index (χ3v) is 2.78. The van der Waals surface area contributed by atoms with Gasteiger partial charge in [-0.3, -0.25) is 0 Å². The highest BCUT2D eigenvalue weighted by Gasteiger charge is 2.07. The standard InChI is InChI=1S/C18H13NO/c19-14-8-5-12(6-9-14)13-7-10-18-16(11-13)15-3-1-2-4-17(15)20-18/h1-11H,19H2/i1D,2D,3D,4D,5D,6D,7D,8D,9D,10D,11D. The molecule has 0 saturated carbocycles. The molecule has 4 rings (SSSR count). The van der Waals surface area contributed by atoms with Crippen LogP contribution in [0, 0.1) is 0 Å². The van der Waals surface area contributed by atoms with Crippen molar-refractivity contribution in [3.8, 4) is 11.1 Å². The Kier molecular flexibility index (Phi) is 0.966. The van der Waals surface area contributed by atoms with Gasteiger partial charge in [0.15, 0.2) is 0 Å². The topological polar surface area (TPSA) is 39.2 Å². The fourth-order valence-electron chi connectivity index (χ4n) is 1.88. The van der Waals surface area contributed by atoms with E-state index in [-0.39, 0.29) is 27.5 Å². The molecule has 2 nitrogen and oxygen atoms in total. The number of para-hydroxylation sites is 1. The van der Waals surface area contributed by atoms with Crippen molar-refractivity contribution in [3.63, 3.8) is 0 Å². The smallest absolute Gasteiger partial charge is 0.135 e. The maximum absolute atomic E-state index is 8.66. The minimum Gasteiger partial charge on any atom is -0.456 e. The van der Waals surface area contributed by atoms with Crippen molar-refractivity contribution in [3.05, 3.63) is 66.5 Å². The summed E-state index contributed by atoms with van der Waals surface area (Å²) >= 11 is 0. The number of furan rings is 1. The predicted octanol–water partition coefficient (Wildman–Crippen LogP) is 4.84. The molecule has 0 aliphatic heterocycles. The minimum absolute atomic E-state index is 0.161. The normalized spacial score (nSPS) is 18.9. The first-order valence-electron chi connectivity index (χ1n) is 11.2. The van der Waals surface area contributed by atoms with E-state index in [0.717, 1.165) is 0 Å². The molecule has 1 heterocycles. The summed E-state index contributed by atoms with van der Waals surface area (Å²) < 4.78 is 95.1. The number of hydrogen-bond acceptors (Lipinski definition) is 2. The molecule has 2 N–H and O–H groups in total. The van der Waals surface area contributed by atoms with E-state index in [1.807, 2.05) is 0 Å². The lowest BCUT2D eigenvalue weighted by atomic mass is 10.0. The van der Waals surface area contributed by atoms with Gasteiger partial charge in [0.2, 0.25) is 0 Å². The maximum atomic E-state index is 8.66. The molecule has 1 aromatic heterocycles. The number of nitrogen functional groups attached to an aromatic ring is 1. The largest absolute Gasteiger partial charge is 0.456 e. The fourth-order valence-corrected chi connectivity index (χ4v) is 1.88. The molecule has 0 bridgehead atoms. The van der Waals surface area contributed by atoms with Gasteiger partial charge in [-0.2, -0.15) is 0 Å². The first-order chi connectivity index (χ1) is 14.4. The fraction of sp³-hybridized carbons (Fsp3) is 0. The van der Waals surface area contributed by atoms with Gasteiger partial charge >= 0.3 is 0 Å². The summed E-state index contributed by atoms with van der Waals surface area (Å²) in [6, 6.07) is -6.08. The Bertz CT molecular complexity index is 1430. The summed E-state index contributed by atoms with van der Waals surface area (Å²) in [5.41, 5.74) is 3.85. The zero-order valence-electron chi connectivity index (χ0n) is 21.0. The first kappa shape index (κ1) is 4.67. The van der Waals surface area contributed by atoms with Gasteiger partial charge in [-0.25, -0.2) is 0 Å². The van der Waals surface area contributed by atoms with Gasteiger partial charge in [0.25, 0.3) is 0 Å². The molecule has 0 spiro atoms. The highest BCUT2D eigenvalue weighted by Crippen LogP contribution is 2.32. The zero-order valence-corrected chi connectivity index (χ0v) is 9.99. The van der Waals surface area contributed by atoms with Crippen LogP contribution < -0.4 is 5.73 Å². The summed E-state index contributed by atoms with van der Waals surface area (Å²) in [5.74, 6) is 0. The monoisotopic (exact) mass is 270 g/mol. The van der Waals surface area contributed by atoms with Crippen molar-refractivity contribution >= 4 is 27.6 Å². The van der Waals surface area contributed by atoms with Crippen molar-refractivity contribution in [2.75, 3.05) is 5.73 Å². The second kappa shape index (κ2) is 4.14. The SMILES string of the molecule is [2H]c1c([2H])c(-c2c([2H])c([2H])c3oc4c([2H])c([2H])c([2H])c([2H])c4c3c2[2H])c([2H])c([2H])c1N. The van der Waals surface area contributed by atoms with E-state index in [9.17, 15) is 0 Å². The molecular formula is C18H13NO. The Morgan fingerprint density at radius 2 is 1.45 bits per heavy atom. The van der Waals surface area contributed by atoms with Crippen molar-refractivity contribution in [1.82, 2.24) is 0 Å². The molecule has 0 atom stereocenters. The zero-order chi connectivity index (χ0) is 23.1. The Morgan fingerprint density at radius 3 is 2.30 bits per heavy atom. The van der Waals surface area contributed by atoms with Gasteiger partial charge in [0.1, 0.15) is 11.2 Å². The number of fused-ring (bicyclic) bond motifs is 3. The molecule has 0 unspecified atom stereocenters. The van der Waals surface area contributed by atoms with Crippen LogP contribution in [0.4, 0.5) is 5.69 Å². The summed E-state index contributed by atoms with van der Waals surface area (Å²) in [6.45, 7) is 0. The third-order valence-electron chi connectivity index (χ3n) is 2.78. The summed E-state index contributed by atoms with van der Waals surface area (Å²) in [7, 11) is 0. The average Bonchev–Trinajstić information content (AvgIpc) is 3.15. The Morgan fingerprint density at radius 1 is 0.750 bits per heavy atom. The highest BCUT2D eigenvalue weighted by molar-refractivity contribution is 6.06. The van der Waals surface area contributed by atoms with Crippen molar-refractivity contribution in [1.29, 1.82) is 0 Å². The second-order valence-electron chi connectivity index (χ2n) is 4.05. The molecule has 20 heavy (non-hydrogen) atoms. The van der Waals surface area contributed by atoms with E-state index in [4.69, 9.17) is 25.2 Å². The lowest BCUT2D eigenvalue weighted by Crippen LogP contribution is -1.83. The number of benzene rings is 3. The van der Waals surface area contributed by atoms with Crippen molar-refractivity contribution < 1.29 is 19.5 Å². The van der Waals surface area contributed by atoms with E-state index in [0.29, 0.717) is 0 Å². The summed E-state index contributed by atoms with van der Waals surface area (Å²) in [6.07, 6.45) is 0. The quantitative estimate of drug-likeness (QED) is 0.503. The molecule has 0 saturated heterocycles. The van der Waals surface area contributed by atoms with Crippen LogP contribution in [0.15, 0.2) is 70.9 Å². The molecule has 96 valence electrons. The lowest BCUT2D eigenvalue weighted by molar-refractivity contribution is 0.669. The van der Waals surface area contributed by atoms with E-state index in [2.05, 4.69) is 0 Å². The lowest BCUT2D eigenvalue weighted by Gasteiger charge is -2.02. The number of hydrogen-bond donors (Lipinski definition) is 1. The van der Waals surface area contributed by atoms with E-state index in [1.165, 1.54) is 0 Å². The molecule has 2 heteroatoms. The molecule has 0 aliphatic rings. The van der Waals surface area contributed by atoms with Crippen LogP contribution in [0.5, 0.6) is 0 Å². The molecule has 0 fully saturated rings. The van der Waals surface area contributed by atoms with Gasteiger partial charge in [-0.15, -0.1) is 0 Å². The molecule has 0 amide bonds. The maximum Gasteiger partial charge on any atom is 0.135 e. The van der Waals surface area contributed by atoms with Crippen LogP contribution in [0.25, 0.3) is 33.1 Å². The summed E-state index contributed by atoms with van der Waals surface area (Å²) in [5, 5.41) is -0.335. The molecular weight excluding hydrogens is 246 g/mol. The van der Waals surface area contributed by atoms with Gasteiger partial charge in [0.05, 0.1) is 15.1 Å². The van der Waals surface area contributed by atoms with E-state index < -0.39 is 77.7 Å². The van der Waals surface area contributed by atoms with E-state index >= 15 is 0 Å². The number of anilines is 1.